The lowest BCUT2D eigenvalue weighted by atomic mass is 10.3. The standard InChI is InChI=1S/C17H23N5O.HI/c1-18-17(20-12-14-6-5-10-21(14)2)22-11-8-15(13-22)23-16-7-3-4-9-19-16;/h3-7,9-10,15H,8,11-13H2,1-2H3,(H,18,20);1H. The van der Waals surface area contributed by atoms with E-state index in [1.165, 1.54) is 5.69 Å². The van der Waals surface area contributed by atoms with Crippen LogP contribution in [0.5, 0.6) is 5.88 Å². The van der Waals surface area contributed by atoms with E-state index >= 15 is 0 Å². The molecule has 1 aliphatic rings. The van der Waals surface area contributed by atoms with Crippen LogP contribution in [0.4, 0.5) is 0 Å². The molecule has 130 valence electrons. The van der Waals surface area contributed by atoms with E-state index < -0.39 is 0 Å². The first-order valence-corrected chi connectivity index (χ1v) is 7.90. The van der Waals surface area contributed by atoms with Gasteiger partial charge in [0, 0.05) is 51.2 Å². The molecule has 1 unspecified atom stereocenters. The van der Waals surface area contributed by atoms with Gasteiger partial charge < -0.3 is 19.5 Å². The third kappa shape index (κ3) is 4.62. The summed E-state index contributed by atoms with van der Waals surface area (Å²) < 4.78 is 8.04. The van der Waals surface area contributed by atoms with Gasteiger partial charge >= 0.3 is 0 Å². The molecule has 6 nitrogen and oxygen atoms in total. The number of likely N-dealkylation sites (tertiary alicyclic amines) is 1. The Morgan fingerprint density at radius 3 is 2.92 bits per heavy atom. The Morgan fingerprint density at radius 1 is 1.38 bits per heavy atom. The molecule has 3 rings (SSSR count). The first-order valence-electron chi connectivity index (χ1n) is 7.90. The zero-order valence-corrected chi connectivity index (χ0v) is 16.4. The molecule has 2 aromatic heterocycles. The smallest absolute Gasteiger partial charge is 0.213 e. The molecule has 3 heterocycles. The number of hydrogen-bond acceptors (Lipinski definition) is 3. The number of nitrogens with zero attached hydrogens (tertiary/aromatic N) is 4. The quantitative estimate of drug-likeness (QED) is 0.450. The van der Waals surface area contributed by atoms with Gasteiger partial charge in [0.2, 0.25) is 5.88 Å². The second-order valence-corrected chi connectivity index (χ2v) is 5.65. The molecule has 1 saturated heterocycles. The van der Waals surface area contributed by atoms with Crippen molar-refractivity contribution < 1.29 is 4.74 Å². The Morgan fingerprint density at radius 2 is 2.25 bits per heavy atom. The molecule has 2 aromatic rings. The molecule has 0 aromatic carbocycles. The third-order valence-electron chi connectivity index (χ3n) is 4.06. The summed E-state index contributed by atoms with van der Waals surface area (Å²) in [7, 11) is 3.87. The summed E-state index contributed by atoms with van der Waals surface area (Å²) in [5.41, 5.74) is 1.23. The number of aliphatic imine (C=N–C) groups is 1. The Hall–Kier alpha value is -1.77. The van der Waals surface area contributed by atoms with Crippen LogP contribution in [0.15, 0.2) is 47.7 Å². The van der Waals surface area contributed by atoms with Gasteiger partial charge in [-0.1, -0.05) is 6.07 Å². The number of aryl methyl sites for hydroxylation is 1. The molecule has 24 heavy (non-hydrogen) atoms. The Bertz CT molecular complexity index is 658. The summed E-state index contributed by atoms with van der Waals surface area (Å²) in [5.74, 6) is 1.60. The molecule has 1 atom stereocenters. The maximum absolute atomic E-state index is 5.93. The van der Waals surface area contributed by atoms with Crippen LogP contribution >= 0.6 is 24.0 Å². The number of hydrogen-bond donors (Lipinski definition) is 1. The summed E-state index contributed by atoms with van der Waals surface area (Å²) in [6.07, 6.45) is 4.93. The van der Waals surface area contributed by atoms with E-state index in [9.17, 15) is 0 Å². The lowest BCUT2D eigenvalue weighted by molar-refractivity contribution is 0.205. The highest BCUT2D eigenvalue weighted by molar-refractivity contribution is 14.0. The van der Waals surface area contributed by atoms with Crippen molar-refractivity contribution in [3.05, 3.63) is 48.4 Å². The largest absolute Gasteiger partial charge is 0.472 e. The molecule has 1 N–H and O–H groups in total. The monoisotopic (exact) mass is 441 g/mol. The van der Waals surface area contributed by atoms with Gasteiger partial charge in [-0.2, -0.15) is 0 Å². The molecule has 7 heteroatoms. The van der Waals surface area contributed by atoms with Gasteiger partial charge in [-0.25, -0.2) is 4.98 Å². The number of guanidine groups is 1. The van der Waals surface area contributed by atoms with E-state index in [4.69, 9.17) is 4.74 Å². The van der Waals surface area contributed by atoms with Crippen molar-refractivity contribution in [1.29, 1.82) is 0 Å². The minimum absolute atomic E-state index is 0. The van der Waals surface area contributed by atoms with Crippen molar-refractivity contribution in [2.24, 2.45) is 12.0 Å². The van der Waals surface area contributed by atoms with E-state index in [1.807, 2.05) is 44.6 Å². The molecule has 0 amide bonds. The van der Waals surface area contributed by atoms with Crippen molar-refractivity contribution in [2.75, 3.05) is 20.1 Å². The van der Waals surface area contributed by atoms with E-state index in [0.29, 0.717) is 5.88 Å². The second kappa shape index (κ2) is 8.91. The summed E-state index contributed by atoms with van der Waals surface area (Å²) in [6, 6.07) is 9.88. The van der Waals surface area contributed by atoms with Crippen molar-refractivity contribution in [1.82, 2.24) is 19.8 Å². The lowest BCUT2D eigenvalue weighted by Gasteiger charge is -2.21. The zero-order valence-electron chi connectivity index (χ0n) is 14.1. The van der Waals surface area contributed by atoms with Crippen molar-refractivity contribution >= 4 is 29.9 Å². The molecule has 0 radical (unpaired) electrons. The minimum Gasteiger partial charge on any atom is -0.472 e. The summed E-state index contributed by atoms with van der Waals surface area (Å²) in [4.78, 5) is 10.8. The molecule has 0 bridgehead atoms. The third-order valence-corrected chi connectivity index (χ3v) is 4.06. The fourth-order valence-electron chi connectivity index (χ4n) is 2.79. The van der Waals surface area contributed by atoms with Crippen LogP contribution in [0, 0.1) is 0 Å². The molecular weight excluding hydrogens is 417 g/mol. The normalized spacial score (nSPS) is 17.5. The fraction of sp³-hybridized carbons (Fsp3) is 0.412. The minimum atomic E-state index is 0. The number of rotatable bonds is 4. The first kappa shape index (κ1) is 18.6. The highest BCUT2D eigenvalue weighted by Crippen LogP contribution is 2.16. The van der Waals surface area contributed by atoms with Gasteiger partial charge in [0.05, 0.1) is 13.1 Å². The Labute approximate surface area is 160 Å². The van der Waals surface area contributed by atoms with Gasteiger partial charge in [0.15, 0.2) is 5.96 Å². The summed E-state index contributed by atoms with van der Waals surface area (Å²) in [5, 5.41) is 3.42. The molecule has 0 aliphatic carbocycles. The van der Waals surface area contributed by atoms with Gasteiger partial charge in [0.25, 0.3) is 0 Å². The van der Waals surface area contributed by atoms with Crippen LogP contribution in [0.3, 0.4) is 0 Å². The van der Waals surface area contributed by atoms with Crippen molar-refractivity contribution in [2.45, 2.75) is 19.1 Å². The molecule has 1 aliphatic heterocycles. The Kier molecular flexibility index (Phi) is 6.89. The summed E-state index contributed by atoms with van der Waals surface area (Å²) in [6.45, 7) is 2.52. The van der Waals surface area contributed by atoms with Gasteiger partial charge in [-0.05, 0) is 18.2 Å². The lowest BCUT2D eigenvalue weighted by Crippen LogP contribution is -2.40. The van der Waals surface area contributed by atoms with E-state index in [2.05, 4.69) is 30.8 Å². The number of halogens is 1. The van der Waals surface area contributed by atoms with E-state index in [0.717, 1.165) is 32.0 Å². The average Bonchev–Trinajstić information content (AvgIpc) is 3.19. The zero-order chi connectivity index (χ0) is 16.1. The summed E-state index contributed by atoms with van der Waals surface area (Å²) >= 11 is 0. The molecular formula is C17H24IN5O. The van der Waals surface area contributed by atoms with Crippen LogP contribution < -0.4 is 10.1 Å². The van der Waals surface area contributed by atoms with Crippen LogP contribution in [0.2, 0.25) is 0 Å². The maximum atomic E-state index is 5.93. The highest BCUT2D eigenvalue weighted by atomic mass is 127. The van der Waals surface area contributed by atoms with Crippen LogP contribution in [-0.2, 0) is 13.6 Å². The van der Waals surface area contributed by atoms with E-state index in [-0.39, 0.29) is 30.1 Å². The second-order valence-electron chi connectivity index (χ2n) is 5.65. The van der Waals surface area contributed by atoms with Gasteiger partial charge in [0.1, 0.15) is 6.10 Å². The van der Waals surface area contributed by atoms with Crippen molar-refractivity contribution in [3.63, 3.8) is 0 Å². The van der Waals surface area contributed by atoms with Gasteiger partial charge in [-0.3, -0.25) is 4.99 Å². The maximum Gasteiger partial charge on any atom is 0.213 e. The predicted octanol–water partition coefficient (Wildman–Crippen LogP) is 2.27. The fourth-order valence-corrected chi connectivity index (χ4v) is 2.79. The highest BCUT2D eigenvalue weighted by Gasteiger charge is 2.26. The molecule has 1 fully saturated rings. The van der Waals surface area contributed by atoms with E-state index in [1.54, 1.807) is 6.20 Å². The average molecular weight is 441 g/mol. The first-order chi connectivity index (χ1) is 11.3. The number of nitrogens with one attached hydrogen (secondary N) is 1. The molecule has 0 saturated carbocycles. The number of ether oxygens (including phenoxy) is 1. The van der Waals surface area contributed by atoms with Crippen molar-refractivity contribution in [3.8, 4) is 5.88 Å². The number of pyridine rings is 1. The Balaban J connectivity index is 0.00000208. The van der Waals surface area contributed by atoms with Crippen LogP contribution in [-0.4, -0.2) is 46.7 Å². The predicted molar refractivity (Wildman–Crippen MR) is 106 cm³/mol. The molecule has 0 spiro atoms. The SMILES string of the molecule is CN=C(NCc1cccn1C)N1CCC(Oc2ccccn2)C1.I. The topological polar surface area (TPSA) is 54.7 Å². The number of aromatic nitrogens is 2. The van der Waals surface area contributed by atoms with Gasteiger partial charge in [-0.15, -0.1) is 24.0 Å². The van der Waals surface area contributed by atoms with Crippen LogP contribution in [0.25, 0.3) is 0 Å². The van der Waals surface area contributed by atoms with Crippen LogP contribution in [0.1, 0.15) is 12.1 Å².